The molecule has 0 aliphatic carbocycles. The molecule has 0 atom stereocenters. The van der Waals surface area contributed by atoms with Crippen LogP contribution in [0.2, 0.25) is 0 Å². The molecule has 0 saturated heterocycles. The zero-order valence-corrected chi connectivity index (χ0v) is 30.1. The van der Waals surface area contributed by atoms with Gasteiger partial charge in [-0.15, -0.1) is 11.3 Å². The van der Waals surface area contributed by atoms with E-state index in [1.807, 2.05) is 0 Å². The Balaban J connectivity index is 1.16. The maximum absolute atomic E-state index is 5.17. The van der Waals surface area contributed by atoms with E-state index in [-0.39, 0.29) is 0 Å². The SMILES string of the molecule is c1ccc(-n2c(-c3ccc(-c4ccc5c(-c6ccc7ccccc7c6)c6ccccc6c(-c6ccc7ccccc7c6)c5c4)s3)nc3ccccc32)cc1. The Morgan fingerprint density at radius 1 is 0.370 bits per heavy atom. The van der Waals surface area contributed by atoms with Crippen LogP contribution < -0.4 is 0 Å². The molecule has 252 valence electrons. The summed E-state index contributed by atoms with van der Waals surface area (Å²) in [4.78, 5) is 7.52. The van der Waals surface area contributed by atoms with Crippen molar-refractivity contribution in [3.8, 4) is 49.1 Å². The fourth-order valence-electron chi connectivity index (χ4n) is 8.29. The third-order valence-electron chi connectivity index (χ3n) is 10.8. The molecule has 3 heteroatoms. The highest BCUT2D eigenvalue weighted by molar-refractivity contribution is 7.18. The highest BCUT2D eigenvalue weighted by Crippen LogP contribution is 2.46. The Hall–Kier alpha value is -6.81. The molecule has 0 amide bonds. The van der Waals surface area contributed by atoms with Gasteiger partial charge in [0.15, 0.2) is 5.82 Å². The van der Waals surface area contributed by atoms with E-state index in [1.54, 1.807) is 11.3 Å². The molecule has 9 aromatic carbocycles. The number of hydrogen-bond donors (Lipinski definition) is 0. The number of para-hydroxylation sites is 3. The van der Waals surface area contributed by atoms with Crippen LogP contribution in [0.5, 0.6) is 0 Å². The third-order valence-corrected chi connectivity index (χ3v) is 11.9. The number of fused-ring (bicyclic) bond motifs is 5. The van der Waals surface area contributed by atoms with Gasteiger partial charge in [-0.25, -0.2) is 4.98 Å². The van der Waals surface area contributed by atoms with Gasteiger partial charge in [0.05, 0.1) is 15.9 Å². The van der Waals surface area contributed by atoms with Crippen molar-refractivity contribution in [2.75, 3.05) is 0 Å². The fourth-order valence-corrected chi connectivity index (χ4v) is 9.27. The molecular weight excluding hydrogens is 673 g/mol. The van der Waals surface area contributed by atoms with Gasteiger partial charge >= 0.3 is 0 Å². The van der Waals surface area contributed by atoms with E-state index in [4.69, 9.17) is 4.98 Å². The van der Waals surface area contributed by atoms with Gasteiger partial charge in [0.25, 0.3) is 0 Å². The molecule has 0 radical (unpaired) electrons. The number of hydrogen-bond acceptors (Lipinski definition) is 2. The van der Waals surface area contributed by atoms with Crippen molar-refractivity contribution in [2.24, 2.45) is 0 Å². The van der Waals surface area contributed by atoms with E-state index in [2.05, 4.69) is 199 Å². The number of aromatic nitrogens is 2. The summed E-state index contributed by atoms with van der Waals surface area (Å²) in [5.74, 6) is 0.959. The van der Waals surface area contributed by atoms with E-state index in [9.17, 15) is 0 Å². The smallest absolute Gasteiger partial charge is 0.155 e. The molecule has 54 heavy (non-hydrogen) atoms. The number of nitrogens with zero attached hydrogens (tertiary/aromatic N) is 2. The highest BCUT2D eigenvalue weighted by atomic mass is 32.1. The first-order valence-corrected chi connectivity index (χ1v) is 19.2. The lowest BCUT2D eigenvalue weighted by molar-refractivity contribution is 1.11. The molecule has 11 aromatic rings. The van der Waals surface area contributed by atoms with Crippen LogP contribution in [0, 0.1) is 0 Å². The topological polar surface area (TPSA) is 17.8 Å². The first-order chi connectivity index (χ1) is 26.8. The normalized spacial score (nSPS) is 11.7. The molecule has 0 bridgehead atoms. The molecule has 11 rings (SSSR count). The fraction of sp³-hybridized carbons (Fsp3) is 0. The molecule has 0 aliphatic heterocycles. The lowest BCUT2D eigenvalue weighted by Crippen LogP contribution is -1.95. The molecule has 0 fully saturated rings. The second-order valence-electron chi connectivity index (χ2n) is 13.9. The minimum atomic E-state index is 0.959. The van der Waals surface area contributed by atoms with Crippen molar-refractivity contribution < 1.29 is 0 Å². The number of imidazole rings is 1. The highest BCUT2D eigenvalue weighted by Gasteiger charge is 2.20. The van der Waals surface area contributed by atoms with E-state index in [0.717, 1.165) is 27.4 Å². The van der Waals surface area contributed by atoms with E-state index in [1.165, 1.54) is 75.8 Å². The Kier molecular flexibility index (Phi) is 7.07. The summed E-state index contributed by atoms with van der Waals surface area (Å²) in [6.07, 6.45) is 0. The van der Waals surface area contributed by atoms with Gasteiger partial charge in [0.2, 0.25) is 0 Å². The van der Waals surface area contributed by atoms with Crippen LogP contribution in [0.15, 0.2) is 194 Å². The van der Waals surface area contributed by atoms with E-state index >= 15 is 0 Å². The molecule has 0 unspecified atom stereocenters. The summed E-state index contributed by atoms with van der Waals surface area (Å²) in [6, 6.07) is 70.6. The summed E-state index contributed by atoms with van der Waals surface area (Å²) in [7, 11) is 0. The second kappa shape index (κ2) is 12.4. The van der Waals surface area contributed by atoms with Gasteiger partial charge in [-0.2, -0.15) is 0 Å². The standard InChI is InChI=1S/C51H32N2S/c1-2-16-40(17-3-1)53-46-21-11-10-20-45(46)52-51(53)48-29-28-47(54-48)37-26-27-43-44(32-37)50(39-25-23-34-13-5-7-15-36(34)31-39)42-19-9-8-18-41(42)49(43)38-24-22-33-12-4-6-14-35(33)30-38/h1-32H. The summed E-state index contributed by atoms with van der Waals surface area (Å²) < 4.78 is 2.28. The minimum Gasteiger partial charge on any atom is -0.292 e. The van der Waals surface area contributed by atoms with Crippen LogP contribution in [0.1, 0.15) is 0 Å². The van der Waals surface area contributed by atoms with E-state index < -0.39 is 0 Å². The lowest BCUT2D eigenvalue weighted by Gasteiger charge is -2.19. The maximum atomic E-state index is 5.17. The van der Waals surface area contributed by atoms with E-state index in [0.29, 0.717) is 0 Å². The number of thiophene rings is 1. The van der Waals surface area contributed by atoms with Crippen LogP contribution in [0.3, 0.4) is 0 Å². The van der Waals surface area contributed by atoms with Gasteiger partial charge in [0, 0.05) is 10.6 Å². The largest absolute Gasteiger partial charge is 0.292 e. The Labute approximate surface area is 316 Å². The van der Waals surface area contributed by atoms with Crippen molar-refractivity contribution in [2.45, 2.75) is 0 Å². The van der Waals surface area contributed by atoms with Gasteiger partial charge in [-0.1, -0.05) is 140 Å². The van der Waals surface area contributed by atoms with Crippen molar-refractivity contribution >= 4 is 65.5 Å². The monoisotopic (exact) mass is 704 g/mol. The first kappa shape index (κ1) is 30.8. The molecule has 0 N–H and O–H groups in total. The predicted molar refractivity (Wildman–Crippen MR) is 231 cm³/mol. The van der Waals surface area contributed by atoms with Crippen molar-refractivity contribution in [3.05, 3.63) is 194 Å². The Morgan fingerprint density at radius 2 is 0.907 bits per heavy atom. The van der Waals surface area contributed by atoms with Crippen LogP contribution in [-0.2, 0) is 0 Å². The summed E-state index contributed by atoms with van der Waals surface area (Å²) in [5, 5.41) is 9.99. The summed E-state index contributed by atoms with van der Waals surface area (Å²) in [6.45, 7) is 0. The third kappa shape index (κ3) is 4.97. The number of rotatable bonds is 5. The predicted octanol–water partition coefficient (Wildman–Crippen LogP) is 14.4. The van der Waals surface area contributed by atoms with Gasteiger partial charge < -0.3 is 0 Å². The molecule has 2 aromatic heterocycles. The van der Waals surface area contributed by atoms with Crippen LogP contribution in [0.25, 0.3) is 103 Å². The average Bonchev–Trinajstić information content (AvgIpc) is 3.88. The lowest BCUT2D eigenvalue weighted by atomic mass is 9.84. The molecule has 2 heterocycles. The zero-order chi connectivity index (χ0) is 35.6. The first-order valence-electron chi connectivity index (χ1n) is 18.4. The van der Waals surface area contributed by atoms with Crippen LogP contribution in [0.4, 0.5) is 0 Å². The quantitative estimate of drug-likeness (QED) is 0.163. The number of benzene rings is 9. The van der Waals surface area contributed by atoms with Gasteiger partial charge in [-0.3, -0.25) is 4.57 Å². The van der Waals surface area contributed by atoms with Gasteiger partial charge in [-0.05, 0) is 126 Å². The summed E-state index contributed by atoms with van der Waals surface area (Å²) >= 11 is 1.80. The molecule has 2 nitrogen and oxygen atoms in total. The molecular formula is C51H32N2S. The van der Waals surface area contributed by atoms with Crippen LogP contribution >= 0.6 is 11.3 Å². The van der Waals surface area contributed by atoms with Crippen LogP contribution in [-0.4, -0.2) is 9.55 Å². The zero-order valence-electron chi connectivity index (χ0n) is 29.3. The Bertz CT molecular complexity index is 3220. The molecule has 0 saturated carbocycles. The maximum Gasteiger partial charge on any atom is 0.155 e. The Morgan fingerprint density at radius 3 is 1.61 bits per heavy atom. The van der Waals surface area contributed by atoms with Crippen molar-refractivity contribution in [1.82, 2.24) is 9.55 Å². The molecule has 0 aliphatic rings. The van der Waals surface area contributed by atoms with Crippen molar-refractivity contribution in [1.29, 1.82) is 0 Å². The van der Waals surface area contributed by atoms with Gasteiger partial charge in [0.1, 0.15) is 0 Å². The second-order valence-corrected chi connectivity index (χ2v) is 15.0. The van der Waals surface area contributed by atoms with Crippen molar-refractivity contribution in [3.63, 3.8) is 0 Å². The average molecular weight is 705 g/mol. The molecule has 0 spiro atoms. The minimum absolute atomic E-state index is 0.959. The summed E-state index contributed by atoms with van der Waals surface area (Å²) in [5.41, 5.74) is 9.38.